The second kappa shape index (κ2) is 10.2. The molecule has 1 atom stereocenters. The van der Waals surface area contributed by atoms with Crippen molar-refractivity contribution in [2.75, 3.05) is 32.1 Å². The molecular weight excluding hydrogens is 442 g/mol. The van der Waals surface area contributed by atoms with Crippen LogP contribution in [0.5, 0.6) is 0 Å². The van der Waals surface area contributed by atoms with Gasteiger partial charge < -0.3 is 19.9 Å². The van der Waals surface area contributed by atoms with Gasteiger partial charge in [0.1, 0.15) is 12.4 Å². The van der Waals surface area contributed by atoms with E-state index >= 15 is 0 Å². The monoisotopic (exact) mass is 475 g/mol. The Balaban J connectivity index is 1.37. The molecule has 184 valence electrons. The Labute approximate surface area is 205 Å². The number of amides is 2. The molecule has 2 aliphatic rings. The number of hydrogen-bond acceptors (Lipinski definition) is 5. The highest BCUT2D eigenvalue weighted by molar-refractivity contribution is 6.08. The summed E-state index contributed by atoms with van der Waals surface area (Å²) >= 11 is 0. The first-order chi connectivity index (χ1) is 17.0. The van der Waals surface area contributed by atoms with Crippen molar-refractivity contribution in [1.29, 1.82) is 0 Å². The molecular formula is C27H33N5O3. The maximum absolute atomic E-state index is 13.6. The van der Waals surface area contributed by atoms with Crippen molar-refractivity contribution in [3.05, 3.63) is 59.4 Å². The zero-order chi connectivity index (χ0) is 24.4. The largest absolute Gasteiger partial charge is 0.375 e. The number of aryl methyl sites for hydroxylation is 1. The minimum Gasteiger partial charge on any atom is -0.375 e. The van der Waals surface area contributed by atoms with Gasteiger partial charge in [-0.25, -0.2) is 4.98 Å². The lowest BCUT2D eigenvalue weighted by Crippen LogP contribution is -2.37. The number of nitrogens with one attached hydrogen (secondary N) is 2. The molecule has 2 aromatic carbocycles. The minimum atomic E-state index is -0.263. The number of anilines is 1. The number of imidazole rings is 1. The first-order valence-corrected chi connectivity index (χ1v) is 12.4. The number of rotatable bonds is 8. The van der Waals surface area contributed by atoms with Crippen LogP contribution in [0.15, 0.2) is 42.5 Å². The Morgan fingerprint density at radius 1 is 1.14 bits per heavy atom. The predicted octanol–water partition coefficient (Wildman–Crippen LogP) is 3.43. The molecule has 8 nitrogen and oxygen atoms in total. The zero-order valence-corrected chi connectivity index (χ0v) is 20.4. The summed E-state index contributed by atoms with van der Waals surface area (Å²) in [6.07, 6.45) is 4.36. The van der Waals surface area contributed by atoms with Gasteiger partial charge in [-0.2, -0.15) is 0 Å². The first-order valence-electron chi connectivity index (χ1n) is 12.4. The number of aromatic nitrogens is 2. The van der Waals surface area contributed by atoms with E-state index in [4.69, 9.17) is 9.72 Å². The van der Waals surface area contributed by atoms with Crippen LogP contribution in [0.1, 0.15) is 53.3 Å². The normalized spacial score (nSPS) is 18.5. The first kappa shape index (κ1) is 23.5. The lowest BCUT2D eigenvalue weighted by molar-refractivity contribution is -0.119. The summed E-state index contributed by atoms with van der Waals surface area (Å²) in [5.41, 5.74) is 3.91. The highest BCUT2D eigenvalue weighted by atomic mass is 16.5. The summed E-state index contributed by atoms with van der Waals surface area (Å²) in [6, 6.07) is 14.1. The number of hydrogen-bond donors (Lipinski definition) is 2. The average Bonchev–Trinajstić information content (AvgIpc) is 3.37. The topological polar surface area (TPSA) is 88.5 Å². The second-order valence-corrected chi connectivity index (χ2v) is 9.71. The van der Waals surface area contributed by atoms with Crippen LogP contribution in [0.4, 0.5) is 5.69 Å². The van der Waals surface area contributed by atoms with E-state index in [-0.39, 0.29) is 24.5 Å². The predicted molar refractivity (Wildman–Crippen MR) is 135 cm³/mol. The number of carbonyl (C=O) groups excluding carboxylic acids is 2. The number of ether oxygens (including phenoxy) is 1. The van der Waals surface area contributed by atoms with Gasteiger partial charge in [-0.1, -0.05) is 36.8 Å². The van der Waals surface area contributed by atoms with E-state index in [0.717, 1.165) is 55.8 Å². The van der Waals surface area contributed by atoms with E-state index in [0.29, 0.717) is 17.2 Å². The summed E-state index contributed by atoms with van der Waals surface area (Å²) in [6.45, 7) is 2.59. The van der Waals surface area contributed by atoms with Crippen molar-refractivity contribution < 1.29 is 14.3 Å². The van der Waals surface area contributed by atoms with Crippen molar-refractivity contribution in [3.8, 4) is 0 Å². The van der Waals surface area contributed by atoms with Gasteiger partial charge in [-0.3, -0.25) is 14.5 Å². The van der Waals surface area contributed by atoms with Gasteiger partial charge in [-0.05, 0) is 37.0 Å². The Hall–Kier alpha value is -3.23. The molecule has 2 N–H and O–H groups in total. The molecule has 35 heavy (non-hydrogen) atoms. The van der Waals surface area contributed by atoms with E-state index in [1.54, 1.807) is 6.07 Å². The van der Waals surface area contributed by atoms with Crippen LogP contribution in [-0.4, -0.2) is 59.1 Å². The third-order valence-electron chi connectivity index (χ3n) is 7.13. The van der Waals surface area contributed by atoms with Crippen LogP contribution in [0.2, 0.25) is 0 Å². The molecule has 8 heteroatoms. The van der Waals surface area contributed by atoms with Gasteiger partial charge in [0, 0.05) is 51.4 Å². The van der Waals surface area contributed by atoms with E-state index in [1.807, 2.05) is 19.2 Å². The van der Waals surface area contributed by atoms with Crippen molar-refractivity contribution in [2.24, 2.45) is 7.05 Å². The fourth-order valence-corrected chi connectivity index (χ4v) is 5.17. The van der Waals surface area contributed by atoms with Crippen LogP contribution in [0, 0.1) is 0 Å². The Morgan fingerprint density at radius 3 is 2.66 bits per heavy atom. The molecule has 1 aliphatic carbocycles. The van der Waals surface area contributed by atoms with Gasteiger partial charge in [-0.15, -0.1) is 0 Å². The Morgan fingerprint density at radius 2 is 1.94 bits per heavy atom. The van der Waals surface area contributed by atoms with Gasteiger partial charge in [0.2, 0.25) is 5.91 Å². The Kier molecular flexibility index (Phi) is 6.83. The van der Waals surface area contributed by atoms with Crippen LogP contribution in [0.3, 0.4) is 0 Å². The molecule has 5 rings (SSSR count). The lowest BCUT2D eigenvalue weighted by Gasteiger charge is -2.24. The third-order valence-corrected chi connectivity index (χ3v) is 7.13. The third kappa shape index (κ3) is 5.09. The van der Waals surface area contributed by atoms with Gasteiger partial charge in [0.25, 0.3) is 5.91 Å². The average molecular weight is 476 g/mol. The summed E-state index contributed by atoms with van der Waals surface area (Å²) in [7, 11) is 3.47. The number of carbonyl (C=O) groups is 2. The second-order valence-electron chi connectivity index (χ2n) is 9.71. The molecule has 2 heterocycles. The molecule has 1 saturated carbocycles. The molecule has 2 amide bonds. The zero-order valence-electron chi connectivity index (χ0n) is 20.4. The fraction of sp³-hybridized carbons (Fsp3) is 0.444. The van der Waals surface area contributed by atoms with Crippen molar-refractivity contribution in [1.82, 2.24) is 19.8 Å². The molecule has 1 aromatic heterocycles. The Bertz CT molecular complexity index is 1220. The standard InChI is InChI=1S/C27H33N5O3/c1-31-25-22(27(34)29-20-11-12-32(16-20)15-18-7-4-3-5-8-18)13-21(28-24(33)17-35-2)14-23(25)30-26(31)19-9-6-10-19/h3-5,7-8,13-14,19-20H,6,9-12,15-17H2,1-2H3,(H,28,33)(H,29,34)/t20-/m1/s1. The van der Waals surface area contributed by atoms with Crippen molar-refractivity contribution in [3.63, 3.8) is 0 Å². The summed E-state index contributed by atoms with van der Waals surface area (Å²) in [5.74, 6) is 1.04. The quantitative estimate of drug-likeness (QED) is 0.521. The fourth-order valence-electron chi connectivity index (χ4n) is 5.17. The van der Waals surface area contributed by atoms with E-state index in [1.165, 1.54) is 19.1 Å². The van der Waals surface area contributed by atoms with Crippen LogP contribution < -0.4 is 10.6 Å². The molecule has 0 radical (unpaired) electrons. The van der Waals surface area contributed by atoms with Crippen LogP contribution >= 0.6 is 0 Å². The summed E-state index contributed by atoms with van der Waals surface area (Å²) in [4.78, 5) is 33.0. The summed E-state index contributed by atoms with van der Waals surface area (Å²) in [5, 5.41) is 6.09. The van der Waals surface area contributed by atoms with E-state index < -0.39 is 0 Å². The smallest absolute Gasteiger partial charge is 0.253 e. The molecule has 1 aliphatic heterocycles. The number of nitrogens with zero attached hydrogens (tertiary/aromatic N) is 3. The van der Waals surface area contributed by atoms with Gasteiger partial charge in [0.15, 0.2) is 0 Å². The number of benzene rings is 2. The number of methoxy groups -OCH3 is 1. The molecule has 1 saturated heterocycles. The molecule has 2 fully saturated rings. The molecule has 0 bridgehead atoms. The number of fused-ring (bicyclic) bond motifs is 1. The highest BCUT2D eigenvalue weighted by Gasteiger charge is 2.29. The maximum Gasteiger partial charge on any atom is 0.253 e. The lowest BCUT2D eigenvalue weighted by atomic mass is 9.85. The van der Waals surface area contributed by atoms with E-state index in [9.17, 15) is 9.59 Å². The van der Waals surface area contributed by atoms with Gasteiger partial charge >= 0.3 is 0 Å². The van der Waals surface area contributed by atoms with Gasteiger partial charge in [0.05, 0.1) is 16.6 Å². The molecule has 3 aromatic rings. The van der Waals surface area contributed by atoms with Crippen LogP contribution in [-0.2, 0) is 23.1 Å². The SMILES string of the molecule is COCC(=O)Nc1cc(C(=O)N[C@@H]2CCN(Cc3ccccc3)C2)c2c(c1)nc(C1CCC1)n2C. The number of likely N-dealkylation sites (tertiary alicyclic amines) is 1. The molecule has 0 spiro atoms. The van der Waals surface area contributed by atoms with E-state index in [2.05, 4.69) is 44.4 Å². The minimum absolute atomic E-state index is 0.0472. The van der Waals surface area contributed by atoms with Crippen molar-refractivity contribution >= 4 is 28.5 Å². The maximum atomic E-state index is 13.6. The molecule has 0 unspecified atom stereocenters. The highest BCUT2D eigenvalue weighted by Crippen LogP contribution is 2.38. The van der Waals surface area contributed by atoms with Crippen molar-refractivity contribution in [2.45, 2.75) is 44.2 Å². The van der Waals surface area contributed by atoms with Crippen LogP contribution in [0.25, 0.3) is 11.0 Å². The summed E-state index contributed by atoms with van der Waals surface area (Å²) < 4.78 is 7.00.